The van der Waals surface area contributed by atoms with E-state index in [0.29, 0.717) is 24.1 Å². The molecular weight excluding hydrogens is 216 g/mol. The van der Waals surface area contributed by atoms with Crippen molar-refractivity contribution < 1.29 is 4.79 Å². The molecule has 0 unspecified atom stereocenters. The lowest BCUT2D eigenvalue weighted by Gasteiger charge is -2.09. The third kappa shape index (κ3) is 4.38. The van der Waals surface area contributed by atoms with Crippen LogP contribution in [0.3, 0.4) is 0 Å². The molecular formula is C12H20N4O. The van der Waals surface area contributed by atoms with Crippen molar-refractivity contribution in [2.75, 3.05) is 18.4 Å². The first-order valence-electron chi connectivity index (χ1n) is 5.90. The largest absolute Gasteiger partial charge is 0.354 e. The monoisotopic (exact) mass is 236 g/mol. The van der Waals surface area contributed by atoms with Gasteiger partial charge >= 0.3 is 0 Å². The fraction of sp³-hybridized carbons (Fsp3) is 0.583. The molecule has 1 aromatic rings. The number of hydrogen-bond donors (Lipinski definition) is 2. The van der Waals surface area contributed by atoms with Gasteiger partial charge in [0, 0.05) is 18.8 Å². The number of anilines is 1. The summed E-state index contributed by atoms with van der Waals surface area (Å²) in [7, 11) is 0. The number of aryl methyl sites for hydroxylation is 1. The molecule has 0 radical (unpaired) electrons. The number of nitrogens with one attached hydrogen (secondary N) is 2. The predicted molar refractivity (Wildman–Crippen MR) is 68.1 cm³/mol. The van der Waals surface area contributed by atoms with Crippen LogP contribution in [0.25, 0.3) is 0 Å². The Kier molecular flexibility index (Phi) is 4.87. The highest BCUT2D eigenvalue weighted by atomic mass is 16.1. The molecule has 0 saturated heterocycles. The first-order valence-corrected chi connectivity index (χ1v) is 5.90. The van der Waals surface area contributed by atoms with Gasteiger partial charge in [-0.05, 0) is 25.8 Å². The zero-order valence-corrected chi connectivity index (χ0v) is 10.9. The molecule has 0 bridgehead atoms. The van der Waals surface area contributed by atoms with Crippen LogP contribution < -0.4 is 10.6 Å². The molecule has 1 heterocycles. The second-order valence-corrected chi connectivity index (χ2v) is 4.35. The molecule has 0 saturated carbocycles. The van der Waals surface area contributed by atoms with E-state index in [-0.39, 0.29) is 5.91 Å². The SMILES string of the molecule is CCNc1nc(C)cc(C(=O)NCC(C)C)n1. The number of amides is 1. The Morgan fingerprint density at radius 3 is 2.71 bits per heavy atom. The second-order valence-electron chi connectivity index (χ2n) is 4.35. The molecule has 1 aromatic heterocycles. The van der Waals surface area contributed by atoms with Gasteiger partial charge in [0.05, 0.1) is 0 Å². The van der Waals surface area contributed by atoms with Crippen molar-refractivity contribution in [3.63, 3.8) is 0 Å². The van der Waals surface area contributed by atoms with Gasteiger partial charge in [0.1, 0.15) is 5.69 Å². The highest BCUT2D eigenvalue weighted by Crippen LogP contribution is 2.04. The Labute approximate surface area is 102 Å². The summed E-state index contributed by atoms with van der Waals surface area (Å²) in [6.07, 6.45) is 0. The summed E-state index contributed by atoms with van der Waals surface area (Å²) in [5.74, 6) is 0.778. The molecule has 0 fully saturated rings. The van der Waals surface area contributed by atoms with Crippen LogP contribution >= 0.6 is 0 Å². The number of carbonyl (C=O) groups excluding carboxylic acids is 1. The molecule has 0 aliphatic rings. The number of hydrogen-bond acceptors (Lipinski definition) is 4. The highest BCUT2D eigenvalue weighted by Gasteiger charge is 2.10. The maximum Gasteiger partial charge on any atom is 0.270 e. The van der Waals surface area contributed by atoms with E-state index in [1.165, 1.54) is 0 Å². The maximum absolute atomic E-state index is 11.8. The van der Waals surface area contributed by atoms with Gasteiger partial charge in [0.25, 0.3) is 5.91 Å². The van der Waals surface area contributed by atoms with E-state index in [1.54, 1.807) is 6.07 Å². The second kappa shape index (κ2) is 6.18. The minimum atomic E-state index is -0.150. The number of nitrogens with zero attached hydrogens (tertiary/aromatic N) is 2. The molecule has 94 valence electrons. The van der Waals surface area contributed by atoms with Gasteiger partial charge in [-0.3, -0.25) is 4.79 Å². The van der Waals surface area contributed by atoms with Crippen LogP contribution in [0.5, 0.6) is 0 Å². The van der Waals surface area contributed by atoms with Crippen LogP contribution in [0.1, 0.15) is 37.0 Å². The summed E-state index contributed by atoms with van der Waals surface area (Å²) in [6.45, 7) is 9.30. The highest BCUT2D eigenvalue weighted by molar-refractivity contribution is 5.92. The lowest BCUT2D eigenvalue weighted by molar-refractivity contribution is 0.0944. The molecule has 0 aliphatic carbocycles. The topological polar surface area (TPSA) is 66.9 Å². The Hall–Kier alpha value is -1.65. The summed E-state index contributed by atoms with van der Waals surface area (Å²) in [5.41, 5.74) is 1.19. The van der Waals surface area contributed by atoms with E-state index in [2.05, 4.69) is 34.4 Å². The Bertz CT molecular complexity index is 390. The van der Waals surface area contributed by atoms with E-state index >= 15 is 0 Å². The maximum atomic E-state index is 11.8. The minimum Gasteiger partial charge on any atom is -0.354 e. The van der Waals surface area contributed by atoms with Gasteiger partial charge in [-0.2, -0.15) is 0 Å². The van der Waals surface area contributed by atoms with Crippen molar-refractivity contribution >= 4 is 11.9 Å². The molecule has 0 aliphatic heterocycles. The molecule has 2 N–H and O–H groups in total. The Balaban J connectivity index is 2.78. The molecule has 17 heavy (non-hydrogen) atoms. The normalized spacial score (nSPS) is 10.4. The van der Waals surface area contributed by atoms with Crippen molar-refractivity contribution in [3.8, 4) is 0 Å². The molecule has 0 aromatic carbocycles. The van der Waals surface area contributed by atoms with Crippen molar-refractivity contribution in [2.45, 2.75) is 27.7 Å². The van der Waals surface area contributed by atoms with Gasteiger partial charge < -0.3 is 10.6 Å². The molecule has 1 rings (SSSR count). The molecule has 5 nitrogen and oxygen atoms in total. The van der Waals surface area contributed by atoms with Crippen LogP contribution in [0, 0.1) is 12.8 Å². The lowest BCUT2D eigenvalue weighted by atomic mass is 10.2. The van der Waals surface area contributed by atoms with Gasteiger partial charge in [-0.15, -0.1) is 0 Å². The van der Waals surface area contributed by atoms with Crippen LogP contribution in [0.2, 0.25) is 0 Å². The van der Waals surface area contributed by atoms with Gasteiger partial charge in [-0.1, -0.05) is 13.8 Å². The third-order valence-electron chi connectivity index (χ3n) is 2.09. The Morgan fingerprint density at radius 2 is 2.12 bits per heavy atom. The van der Waals surface area contributed by atoms with Crippen molar-refractivity contribution in [1.82, 2.24) is 15.3 Å². The molecule has 0 spiro atoms. The van der Waals surface area contributed by atoms with Crippen molar-refractivity contribution in [2.24, 2.45) is 5.92 Å². The molecule has 5 heteroatoms. The van der Waals surface area contributed by atoms with Crippen molar-refractivity contribution in [3.05, 3.63) is 17.5 Å². The Morgan fingerprint density at radius 1 is 1.41 bits per heavy atom. The zero-order chi connectivity index (χ0) is 12.8. The summed E-state index contributed by atoms with van der Waals surface area (Å²) in [4.78, 5) is 20.2. The standard InChI is InChI=1S/C12H20N4O/c1-5-13-12-15-9(4)6-10(16-12)11(17)14-7-8(2)3/h6,8H,5,7H2,1-4H3,(H,14,17)(H,13,15,16). The van der Waals surface area contributed by atoms with E-state index in [0.717, 1.165) is 12.2 Å². The van der Waals surface area contributed by atoms with E-state index in [4.69, 9.17) is 0 Å². The summed E-state index contributed by atoms with van der Waals surface area (Å²) in [6, 6.07) is 1.69. The van der Waals surface area contributed by atoms with E-state index in [9.17, 15) is 4.79 Å². The average Bonchev–Trinajstić information content (AvgIpc) is 2.25. The van der Waals surface area contributed by atoms with Crippen LogP contribution in [-0.4, -0.2) is 29.0 Å². The first-order chi connectivity index (χ1) is 8.02. The fourth-order valence-electron chi connectivity index (χ4n) is 1.31. The number of rotatable bonds is 5. The van der Waals surface area contributed by atoms with E-state index < -0.39 is 0 Å². The quantitative estimate of drug-likeness (QED) is 0.815. The average molecular weight is 236 g/mol. The van der Waals surface area contributed by atoms with Crippen LogP contribution in [-0.2, 0) is 0 Å². The fourth-order valence-corrected chi connectivity index (χ4v) is 1.31. The van der Waals surface area contributed by atoms with Gasteiger partial charge in [0.2, 0.25) is 5.95 Å². The summed E-state index contributed by atoms with van der Waals surface area (Å²) < 4.78 is 0. The zero-order valence-electron chi connectivity index (χ0n) is 10.9. The summed E-state index contributed by atoms with van der Waals surface area (Å²) >= 11 is 0. The lowest BCUT2D eigenvalue weighted by Crippen LogP contribution is -2.28. The van der Waals surface area contributed by atoms with Crippen LogP contribution in [0.4, 0.5) is 5.95 Å². The first kappa shape index (κ1) is 13.4. The van der Waals surface area contributed by atoms with Crippen LogP contribution in [0.15, 0.2) is 6.07 Å². The minimum absolute atomic E-state index is 0.150. The van der Waals surface area contributed by atoms with Gasteiger partial charge in [0.15, 0.2) is 0 Å². The molecule has 0 atom stereocenters. The predicted octanol–water partition coefficient (Wildman–Crippen LogP) is 1.60. The molecule has 1 amide bonds. The van der Waals surface area contributed by atoms with Gasteiger partial charge in [-0.25, -0.2) is 9.97 Å². The number of aromatic nitrogens is 2. The third-order valence-corrected chi connectivity index (χ3v) is 2.09. The van der Waals surface area contributed by atoms with Crippen molar-refractivity contribution in [1.29, 1.82) is 0 Å². The number of carbonyl (C=O) groups is 1. The smallest absolute Gasteiger partial charge is 0.270 e. The summed E-state index contributed by atoms with van der Waals surface area (Å²) in [5, 5.41) is 5.84. The van der Waals surface area contributed by atoms with E-state index in [1.807, 2.05) is 13.8 Å².